The third-order valence-electron chi connectivity index (χ3n) is 5.11. The molecule has 28 heavy (non-hydrogen) atoms. The smallest absolute Gasteiger partial charge is 0.241 e. The van der Waals surface area contributed by atoms with Crippen LogP contribution in [0.1, 0.15) is 30.7 Å². The van der Waals surface area contributed by atoms with E-state index in [4.69, 9.17) is 16.1 Å². The van der Waals surface area contributed by atoms with Crippen LogP contribution < -0.4 is 0 Å². The van der Waals surface area contributed by atoms with Crippen molar-refractivity contribution in [1.82, 2.24) is 20.0 Å². The predicted molar refractivity (Wildman–Crippen MR) is 102 cm³/mol. The molecule has 3 heterocycles. The van der Waals surface area contributed by atoms with Gasteiger partial charge in [0.15, 0.2) is 0 Å². The average Bonchev–Trinajstić information content (AvgIpc) is 3.06. The summed E-state index contributed by atoms with van der Waals surface area (Å²) in [7, 11) is 0. The maximum Gasteiger partial charge on any atom is 0.241 e. The van der Waals surface area contributed by atoms with E-state index in [-0.39, 0.29) is 5.82 Å². The van der Waals surface area contributed by atoms with Crippen LogP contribution >= 0.6 is 11.6 Å². The first-order valence-corrected chi connectivity index (χ1v) is 9.55. The van der Waals surface area contributed by atoms with Gasteiger partial charge in [-0.05, 0) is 55.6 Å². The van der Waals surface area contributed by atoms with Gasteiger partial charge in [-0.15, -0.1) is 0 Å². The Balaban J connectivity index is 1.43. The molecule has 0 unspecified atom stereocenters. The lowest BCUT2D eigenvalue weighted by Crippen LogP contribution is -2.29. The van der Waals surface area contributed by atoms with Crippen molar-refractivity contribution < 1.29 is 14.0 Å². The van der Waals surface area contributed by atoms with Crippen LogP contribution in [0.25, 0.3) is 11.4 Å². The lowest BCUT2D eigenvalue weighted by molar-refractivity contribution is 0.0207. The maximum atomic E-state index is 13.2. The quantitative estimate of drug-likeness (QED) is 0.669. The Morgan fingerprint density at radius 3 is 2.79 bits per heavy atom. The van der Waals surface area contributed by atoms with E-state index in [1.165, 1.54) is 12.1 Å². The van der Waals surface area contributed by atoms with Gasteiger partial charge in [0.05, 0.1) is 17.7 Å². The number of aliphatic hydroxyl groups is 1. The third kappa shape index (κ3) is 4.06. The van der Waals surface area contributed by atoms with Gasteiger partial charge in [-0.25, -0.2) is 9.37 Å². The number of aromatic nitrogens is 3. The molecule has 1 fully saturated rings. The molecule has 0 amide bonds. The van der Waals surface area contributed by atoms with Gasteiger partial charge < -0.3 is 9.63 Å². The first-order valence-electron chi connectivity index (χ1n) is 9.18. The second kappa shape index (κ2) is 7.95. The summed E-state index contributed by atoms with van der Waals surface area (Å²) in [6.07, 6.45) is 3.58. The Kier molecular flexibility index (Phi) is 5.39. The fraction of sp³-hybridized carbons (Fsp3) is 0.350. The molecule has 0 bridgehead atoms. The largest absolute Gasteiger partial charge is 0.385 e. The highest BCUT2D eigenvalue weighted by atomic mass is 35.5. The summed E-state index contributed by atoms with van der Waals surface area (Å²) in [5, 5.41) is 15.4. The molecule has 2 aromatic heterocycles. The van der Waals surface area contributed by atoms with Crippen LogP contribution in [-0.2, 0) is 12.1 Å². The van der Waals surface area contributed by atoms with Gasteiger partial charge in [-0.1, -0.05) is 28.9 Å². The molecular formula is C20H20ClFN4O2. The van der Waals surface area contributed by atoms with E-state index < -0.39 is 5.60 Å². The minimum absolute atomic E-state index is 0.302. The second-order valence-electron chi connectivity index (χ2n) is 7.02. The molecule has 0 aliphatic carbocycles. The Bertz CT molecular complexity index is 949. The highest BCUT2D eigenvalue weighted by Gasteiger charge is 2.32. The molecular weight excluding hydrogens is 383 g/mol. The van der Waals surface area contributed by atoms with E-state index in [9.17, 15) is 9.50 Å². The number of pyridine rings is 1. The van der Waals surface area contributed by atoms with Crippen LogP contribution in [0.15, 0.2) is 47.1 Å². The summed E-state index contributed by atoms with van der Waals surface area (Å²) in [5.74, 6) is 0.594. The first-order chi connectivity index (χ1) is 13.5. The monoisotopic (exact) mass is 402 g/mol. The highest BCUT2D eigenvalue weighted by Crippen LogP contribution is 2.33. The van der Waals surface area contributed by atoms with E-state index in [0.29, 0.717) is 48.4 Å². The molecule has 6 nitrogen and oxygen atoms in total. The fourth-order valence-electron chi connectivity index (χ4n) is 3.55. The standard InChI is InChI=1S/C20H20ClFN4O2/c21-18-16(3-1-10-23-18)19-24-17(28-25-19)13-26-11-2-8-20(27,9-12-26)14-4-6-15(22)7-5-14/h1,3-7,10,27H,2,8-9,11-13H2/t20-/m0/s1. The highest BCUT2D eigenvalue weighted by molar-refractivity contribution is 6.31. The summed E-state index contributed by atoms with van der Waals surface area (Å²) in [5.41, 5.74) is 0.425. The number of hydrogen-bond donors (Lipinski definition) is 1. The van der Waals surface area contributed by atoms with Crippen LogP contribution in [0.2, 0.25) is 5.15 Å². The van der Waals surface area contributed by atoms with E-state index in [1.807, 2.05) is 0 Å². The van der Waals surface area contributed by atoms with Crippen molar-refractivity contribution in [3.8, 4) is 11.4 Å². The number of likely N-dealkylation sites (tertiary alicyclic amines) is 1. The summed E-state index contributed by atoms with van der Waals surface area (Å²) >= 11 is 6.09. The Morgan fingerprint density at radius 1 is 1.18 bits per heavy atom. The van der Waals surface area contributed by atoms with Crippen LogP contribution in [0.5, 0.6) is 0 Å². The summed E-state index contributed by atoms with van der Waals surface area (Å²) in [4.78, 5) is 10.6. The zero-order valence-corrected chi connectivity index (χ0v) is 15.9. The minimum atomic E-state index is -0.953. The molecule has 8 heteroatoms. The molecule has 0 radical (unpaired) electrons. The topological polar surface area (TPSA) is 75.3 Å². The van der Waals surface area contributed by atoms with E-state index >= 15 is 0 Å². The van der Waals surface area contributed by atoms with Gasteiger partial charge in [0.1, 0.15) is 11.0 Å². The second-order valence-corrected chi connectivity index (χ2v) is 7.38. The molecule has 1 atom stereocenters. The van der Waals surface area contributed by atoms with Gasteiger partial charge in [-0.2, -0.15) is 4.98 Å². The fourth-order valence-corrected chi connectivity index (χ4v) is 3.76. The van der Waals surface area contributed by atoms with E-state index in [0.717, 1.165) is 18.5 Å². The first kappa shape index (κ1) is 19.0. The summed E-state index contributed by atoms with van der Waals surface area (Å²) in [6.45, 7) is 1.96. The van der Waals surface area contributed by atoms with Crippen molar-refractivity contribution >= 4 is 11.6 Å². The number of halogens is 2. The molecule has 1 aliphatic rings. The van der Waals surface area contributed by atoms with Crippen LogP contribution in [0.4, 0.5) is 4.39 Å². The minimum Gasteiger partial charge on any atom is -0.385 e. The Morgan fingerprint density at radius 2 is 2.00 bits per heavy atom. The van der Waals surface area contributed by atoms with Gasteiger partial charge in [0.2, 0.25) is 11.7 Å². The Hall–Kier alpha value is -2.35. The van der Waals surface area contributed by atoms with E-state index in [2.05, 4.69) is 20.0 Å². The van der Waals surface area contributed by atoms with Crippen molar-refractivity contribution in [2.45, 2.75) is 31.4 Å². The number of benzene rings is 1. The van der Waals surface area contributed by atoms with E-state index in [1.54, 1.807) is 30.5 Å². The predicted octanol–water partition coefficient (Wildman–Crippen LogP) is 3.80. The zero-order chi connectivity index (χ0) is 19.6. The van der Waals surface area contributed by atoms with Crippen molar-refractivity contribution in [3.63, 3.8) is 0 Å². The van der Waals surface area contributed by atoms with Crippen LogP contribution in [0.3, 0.4) is 0 Å². The van der Waals surface area contributed by atoms with Crippen LogP contribution in [0, 0.1) is 5.82 Å². The molecule has 1 aliphatic heterocycles. The van der Waals surface area contributed by atoms with Gasteiger partial charge in [0, 0.05) is 12.7 Å². The lowest BCUT2D eigenvalue weighted by atomic mass is 9.87. The third-order valence-corrected chi connectivity index (χ3v) is 5.42. The van der Waals surface area contributed by atoms with Gasteiger partial charge in [0.25, 0.3) is 0 Å². The molecule has 0 saturated carbocycles. The van der Waals surface area contributed by atoms with Crippen molar-refractivity contribution in [1.29, 1.82) is 0 Å². The number of rotatable bonds is 4. The maximum absolute atomic E-state index is 13.2. The van der Waals surface area contributed by atoms with Crippen molar-refractivity contribution in [3.05, 3.63) is 65.0 Å². The summed E-state index contributed by atoms with van der Waals surface area (Å²) in [6, 6.07) is 9.65. The molecule has 146 valence electrons. The van der Waals surface area contributed by atoms with Crippen molar-refractivity contribution in [2.75, 3.05) is 13.1 Å². The Labute approximate surface area is 167 Å². The van der Waals surface area contributed by atoms with Crippen LogP contribution in [-0.4, -0.2) is 38.2 Å². The molecule has 1 aromatic carbocycles. The van der Waals surface area contributed by atoms with Crippen molar-refractivity contribution in [2.24, 2.45) is 0 Å². The summed E-state index contributed by atoms with van der Waals surface area (Å²) < 4.78 is 18.6. The number of nitrogens with zero attached hydrogens (tertiary/aromatic N) is 4. The van der Waals surface area contributed by atoms with Gasteiger partial charge >= 0.3 is 0 Å². The average molecular weight is 403 g/mol. The normalized spacial score (nSPS) is 20.8. The SMILES string of the molecule is O[C@@]1(c2ccc(F)cc2)CCCN(Cc2nc(-c3cccnc3Cl)no2)CC1. The molecule has 3 aromatic rings. The lowest BCUT2D eigenvalue weighted by Gasteiger charge is -2.27. The zero-order valence-electron chi connectivity index (χ0n) is 15.2. The molecule has 1 saturated heterocycles. The molecule has 4 rings (SSSR count). The van der Waals surface area contributed by atoms with Gasteiger partial charge in [-0.3, -0.25) is 4.90 Å². The molecule has 0 spiro atoms. The molecule has 1 N–H and O–H groups in total. The number of hydrogen-bond acceptors (Lipinski definition) is 6.